The van der Waals surface area contributed by atoms with Gasteiger partial charge in [0.25, 0.3) is 0 Å². The molecule has 0 aliphatic heterocycles. The van der Waals surface area contributed by atoms with E-state index in [4.69, 9.17) is 0 Å². The van der Waals surface area contributed by atoms with Gasteiger partial charge in [0, 0.05) is 10.2 Å². The SMILES string of the molecule is Cl.Cl.Cl.[SiH3]C1CCCC1. The molecule has 0 spiro atoms. The van der Waals surface area contributed by atoms with E-state index < -0.39 is 0 Å². The third kappa shape index (κ3) is 6.98. The van der Waals surface area contributed by atoms with E-state index in [0.717, 1.165) is 0 Å². The van der Waals surface area contributed by atoms with Crippen LogP contribution in [0.4, 0.5) is 0 Å². The Balaban J connectivity index is -0.000000120. The predicted molar refractivity (Wildman–Crippen MR) is 53.9 cm³/mol. The molecular weight excluding hydrogens is 194 g/mol. The van der Waals surface area contributed by atoms with Gasteiger partial charge in [0.2, 0.25) is 0 Å². The van der Waals surface area contributed by atoms with E-state index in [0.29, 0.717) is 0 Å². The molecule has 0 nitrogen and oxygen atoms in total. The third-order valence-corrected chi connectivity index (χ3v) is 2.80. The van der Waals surface area contributed by atoms with Crippen LogP contribution in [0.3, 0.4) is 0 Å². The van der Waals surface area contributed by atoms with Crippen LogP contribution in [0.2, 0.25) is 5.54 Å². The van der Waals surface area contributed by atoms with E-state index in [2.05, 4.69) is 0 Å². The first-order valence-corrected chi connectivity index (χ1v) is 4.05. The Hall–Kier alpha value is 1.09. The zero-order valence-corrected chi connectivity index (χ0v) is 10.1. The van der Waals surface area contributed by atoms with Crippen LogP contribution in [-0.2, 0) is 0 Å². The zero-order chi connectivity index (χ0) is 4.41. The first-order chi connectivity index (χ1) is 2.89. The van der Waals surface area contributed by atoms with Crippen molar-refractivity contribution in [1.82, 2.24) is 0 Å². The second-order valence-electron chi connectivity index (χ2n) is 2.39. The topological polar surface area (TPSA) is 0 Å². The molecule has 0 amide bonds. The Kier molecular flexibility index (Phi) is 16.7. The Bertz CT molecular complexity index is 45.5. The fourth-order valence-corrected chi connectivity index (χ4v) is 1.95. The molecule has 9 heavy (non-hydrogen) atoms. The molecule has 0 unspecified atom stereocenters. The van der Waals surface area contributed by atoms with E-state index in [1.165, 1.54) is 28.6 Å². The lowest BCUT2D eigenvalue weighted by atomic mass is 10.4. The summed E-state index contributed by atoms with van der Waals surface area (Å²) < 4.78 is 0. The average Bonchev–Trinajstić information content (AvgIpc) is 1.86. The molecular formula is C5H15Cl3Si. The third-order valence-electron chi connectivity index (χ3n) is 1.64. The minimum Gasteiger partial charge on any atom is -0.147 e. The summed E-state index contributed by atoms with van der Waals surface area (Å²) >= 11 is 0. The quantitative estimate of drug-likeness (QED) is 0.536. The molecule has 0 heterocycles. The largest absolute Gasteiger partial charge is 0.147 e. The number of hydrogen-bond acceptors (Lipinski definition) is 0. The molecule has 0 radical (unpaired) electrons. The van der Waals surface area contributed by atoms with Gasteiger partial charge < -0.3 is 0 Å². The number of hydrogen-bond donors (Lipinski definition) is 0. The van der Waals surface area contributed by atoms with Gasteiger partial charge in [0.15, 0.2) is 0 Å². The zero-order valence-electron chi connectivity index (χ0n) is 5.63. The maximum absolute atomic E-state index is 1.55. The van der Waals surface area contributed by atoms with Crippen LogP contribution in [-0.4, -0.2) is 10.2 Å². The van der Waals surface area contributed by atoms with Gasteiger partial charge in [-0.05, 0) is 0 Å². The monoisotopic (exact) mass is 208 g/mol. The van der Waals surface area contributed by atoms with Crippen molar-refractivity contribution in [2.24, 2.45) is 0 Å². The van der Waals surface area contributed by atoms with Crippen molar-refractivity contribution in [1.29, 1.82) is 0 Å². The van der Waals surface area contributed by atoms with Gasteiger partial charge in [-0.15, -0.1) is 37.2 Å². The molecule has 1 fully saturated rings. The van der Waals surface area contributed by atoms with Gasteiger partial charge in [0.05, 0.1) is 0 Å². The van der Waals surface area contributed by atoms with E-state index in [1.54, 1.807) is 12.8 Å². The standard InChI is InChI=1S/C5H12Si.3ClH/c6-5-3-1-2-4-5;;;/h5H,1-4H2,6H3;3*1H. The molecule has 0 atom stereocenters. The van der Waals surface area contributed by atoms with Crippen LogP contribution in [0.5, 0.6) is 0 Å². The normalized spacial score (nSPS) is 17.3. The maximum atomic E-state index is 1.55. The van der Waals surface area contributed by atoms with Crippen LogP contribution >= 0.6 is 37.2 Å². The van der Waals surface area contributed by atoms with Crippen LogP contribution in [0.1, 0.15) is 25.7 Å². The van der Waals surface area contributed by atoms with Crippen molar-refractivity contribution in [2.75, 3.05) is 0 Å². The molecule has 60 valence electrons. The molecule has 1 rings (SSSR count). The minimum atomic E-state index is 0. The van der Waals surface area contributed by atoms with Crippen molar-refractivity contribution < 1.29 is 0 Å². The summed E-state index contributed by atoms with van der Waals surface area (Å²) in [6, 6.07) is 0. The van der Waals surface area contributed by atoms with Gasteiger partial charge in [-0.1, -0.05) is 31.2 Å². The smallest absolute Gasteiger partial charge is 0.00672 e. The maximum Gasteiger partial charge on any atom is 0.00672 e. The number of rotatable bonds is 0. The van der Waals surface area contributed by atoms with Gasteiger partial charge in [0.1, 0.15) is 0 Å². The van der Waals surface area contributed by atoms with Crippen molar-refractivity contribution in [3.63, 3.8) is 0 Å². The highest BCUT2D eigenvalue weighted by Crippen LogP contribution is 2.26. The Labute approximate surface area is 78.8 Å². The molecule has 0 bridgehead atoms. The van der Waals surface area contributed by atoms with E-state index >= 15 is 0 Å². The lowest BCUT2D eigenvalue weighted by Gasteiger charge is -1.91. The van der Waals surface area contributed by atoms with Crippen molar-refractivity contribution in [2.45, 2.75) is 31.2 Å². The van der Waals surface area contributed by atoms with Gasteiger partial charge >= 0.3 is 0 Å². The van der Waals surface area contributed by atoms with Gasteiger partial charge in [-0.3, -0.25) is 0 Å². The van der Waals surface area contributed by atoms with E-state index in [9.17, 15) is 0 Å². The molecule has 1 aliphatic carbocycles. The molecule has 1 aliphatic rings. The number of halogens is 3. The highest BCUT2D eigenvalue weighted by molar-refractivity contribution is 6.11. The summed E-state index contributed by atoms with van der Waals surface area (Å²) in [5.74, 6) is 0. The lowest BCUT2D eigenvalue weighted by molar-refractivity contribution is 0.880. The van der Waals surface area contributed by atoms with Crippen molar-refractivity contribution in [3.8, 4) is 0 Å². The molecule has 0 N–H and O–H groups in total. The van der Waals surface area contributed by atoms with Crippen LogP contribution < -0.4 is 0 Å². The first kappa shape index (κ1) is 16.6. The molecule has 0 saturated heterocycles. The summed E-state index contributed by atoms with van der Waals surface area (Å²) in [5, 5.41) is 0. The molecule has 4 heteroatoms. The second-order valence-corrected chi connectivity index (χ2v) is 4.02. The van der Waals surface area contributed by atoms with Crippen molar-refractivity contribution >= 4 is 47.5 Å². The lowest BCUT2D eigenvalue weighted by Crippen LogP contribution is -1.77. The highest BCUT2D eigenvalue weighted by atomic mass is 35.5. The van der Waals surface area contributed by atoms with Crippen LogP contribution in [0.25, 0.3) is 0 Å². The fourth-order valence-electron chi connectivity index (χ4n) is 1.13. The van der Waals surface area contributed by atoms with Crippen LogP contribution in [0.15, 0.2) is 0 Å². The molecule has 0 aromatic carbocycles. The Morgan fingerprint density at radius 2 is 1.22 bits per heavy atom. The summed E-state index contributed by atoms with van der Waals surface area (Å²) in [5.41, 5.74) is 1.19. The van der Waals surface area contributed by atoms with Crippen LogP contribution in [0, 0.1) is 0 Å². The predicted octanol–water partition coefficient (Wildman–Crippen LogP) is 1.98. The Morgan fingerprint density at radius 3 is 1.33 bits per heavy atom. The molecule has 0 aromatic rings. The summed E-state index contributed by atoms with van der Waals surface area (Å²) in [7, 11) is 1.45. The second kappa shape index (κ2) is 9.09. The molecule has 1 saturated carbocycles. The summed E-state index contributed by atoms with van der Waals surface area (Å²) in [4.78, 5) is 0. The molecule has 0 aromatic heterocycles. The van der Waals surface area contributed by atoms with E-state index in [1.807, 2.05) is 0 Å². The first-order valence-electron chi connectivity index (χ1n) is 2.89. The van der Waals surface area contributed by atoms with Crippen molar-refractivity contribution in [3.05, 3.63) is 0 Å². The van der Waals surface area contributed by atoms with E-state index in [-0.39, 0.29) is 37.2 Å². The van der Waals surface area contributed by atoms with Gasteiger partial charge in [-0.25, -0.2) is 0 Å². The average molecular weight is 210 g/mol. The highest BCUT2D eigenvalue weighted by Gasteiger charge is 2.07. The van der Waals surface area contributed by atoms with Gasteiger partial charge in [-0.2, -0.15) is 0 Å². The Morgan fingerprint density at radius 1 is 0.889 bits per heavy atom. The minimum absolute atomic E-state index is 0. The summed E-state index contributed by atoms with van der Waals surface area (Å²) in [6.45, 7) is 0. The summed E-state index contributed by atoms with van der Waals surface area (Å²) in [6.07, 6.45) is 6.14. The fraction of sp³-hybridized carbons (Fsp3) is 1.00.